The van der Waals surface area contributed by atoms with Crippen LogP contribution in [0.5, 0.6) is 5.75 Å². The fourth-order valence-corrected chi connectivity index (χ4v) is 1.82. The highest BCUT2D eigenvalue weighted by atomic mass is 35.5. The van der Waals surface area contributed by atoms with Crippen LogP contribution in [0.25, 0.3) is 0 Å². The lowest BCUT2D eigenvalue weighted by Gasteiger charge is -2.09. The first-order valence-electron chi connectivity index (χ1n) is 5.37. The molecule has 0 aliphatic heterocycles. The normalized spacial score (nSPS) is 10.6. The summed E-state index contributed by atoms with van der Waals surface area (Å²) >= 11 is 5.90. The molecule has 0 N–H and O–H groups in total. The van der Waals surface area contributed by atoms with E-state index in [1.165, 1.54) is 0 Å². The van der Waals surface area contributed by atoms with Gasteiger partial charge in [-0.3, -0.25) is 4.79 Å². The second-order valence-electron chi connectivity index (χ2n) is 4.27. The summed E-state index contributed by atoms with van der Waals surface area (Å²) in [4.78, 5) is 11.7. The first-order valence-corrected chi connectivity index (χ1v) is 5.75. The molecule has 1 aromatic rings. The predicted octanol–water partition coefficient (Wildman–Crippen LogP) is 3.51. The minimum absolute atomic E-state index is 0.218. The first kappa shape index (κ1) is 13.0. The van der Waals surface area contributed by atoms with E-state index in [-0.39, 0.29) is 5.78 Å². The van der Waals surface area contributed by atoms with Crippen molar-refractivity contribution in [2.24, 2.45) is 5.92 Å². The zero-order valence-electron chi connectivity index (χ0n) is 9.92. The molecule has 2 nitrogen and oxygen atoms in total. The molecule has 1 aromatic carbocycles. The Morgan fingerprint density at radius 1 is 1.44 bits per heavy atom. The molecule has 0 bridgehead atoms. The van der Waals surface area contributed by atoms with Gasteiger partial charge in [-0.25, -0.2) is 0 Å². The third-order valence-electron chi connectivity index (χ3n) is 2.27. The Morgan fingerprint density at radius 3 is 2.69 bits per heavy atom. The zero-order valence-corrected chi connectivity index (χ0v) is 10.7. The van der Waals surface area contributed by atoms with Crippen molar-refractivity contribution in [1.29, 1.82) is 0 Å². The van der Waals surface area contributed by atoms with Gasteiger partial charge in [0.25, 0.3) is 0 Å². The van der Waals surface area contributed by atoms with E-state index >= 15 is 0 Å². The van der Waals surface area contributed by atoms with Crippen molar-refractivity contribution >= 4 is 17.4 Å². The molecule has 3 heteroatoms. The van der Waals surface area contributed by atoms with Gasteiger partial charge in [-0.2, -0.15) is 0 Å². The fourth-order valence-electron chi connectivity index (χ4n) is 1.63. The number of benzene rings is 1. The lowest BCUT2D eigenvalue weighted by Crippen LogP contribution is -2.07. The van der Waals surface area contributed by atoms with Gasteiger partial charge in [-0.1, -0.05) is 25.4 Å². The molecular weight excluding hydrogens is 224 g/mol. The van der Waals surface area contributed by atoms with Gasteiger partial charge < -0.3 is 4.74 Å². The maximum Gasteiger partial charge on any atom is 0.137 e. The van der Waals surface area contributed by atoms with Gasteiger partial charge >= 0.3 is 0 Å². The molecule has 0 unspecified atom stereocenters. The molecule has 0 radical (unpaired) electrons. The minimum Gasteiger partial charge on any atom is -0.496 e. The Labute approximate surface area is 102 Å². The average molecular weight is 241 g/mol. The van der Waals surface area contributed by atoms with Gasteiger partial charge in [-0.15, -0.1) is 0 Å². The van der Waals surface area contributed by atoms with Crippen LogP contribution in [0.2, 0.25) is 5.02 Å². The number of ether oxygens (including phenoxy) is 1. The van der Waals surface area contributed by atoms with Gasteiger partial charge in [0.05, 0.1) is 7.11 Å². The zero-order chi connectivity index (χ0) is 12.1. The van der Waals surface area contributed by atoms with Crippen LogP contribution >= 0.6 is 11.6 Å². The molecule has 1 rings (SSSR count). The summed E-state index contributed by atoms with van der Waals surface area (Å²) in [7, 11) is 1.60. The van der Waals surface area contributed by atoms with Crippen molar-refractivity contribution in [3.63, 3.8) is 0 Å². The Kier molecular flexibility index (Phi) is 4.81. The van der Waals surface area contributed by atoms with Crippen LogP contribution in [-0.2, 0) is 11.2 Å². The summed E-state index contributed by atoms with van der Waals surface area (Å²) in [5.74, 6) is 1.33. The third kappa shape index (κ3) is 3.86. The van der Waals surface area contributed by atoms with Crippen molar-refractivity contribution in [3.8, 4) is 5.75 Å². The standard InChI is InChI=1S/C13H17ClO2/c1-9(2)6-12(15)8-10-7-11(14)4-5-13(10)16-3/h4-5,7,9H,6,8H2,1-3H3. The molecule has 16 heavy (non-hydrogen) atoms. The minimum atomic E-state index is 0.218. The topological polar surface area (TPSA) is 26.3 Å². The highest BCUT2D eigenvalue weighted by Crippen LogP contribution is 2.23. The van der Waals surface area contributed by atoms with Crippen molar-refractivity contribution < 1.29 is 9.53 Å². The van der Waals surface area contributed by atoms with Crippen LogP contribution in [0, 0.1) is 5.92 Å². The number of carbonyl (C=O) groups excluding carboxylic acids is 1. The van der Waals surface area contributed by atoms with Crippen LogP contribution < -0.4 is 4.74 Å². The molecule has 0 aromatic heterocycles. The predicted molar refractivity (Wildman–Crippen MR) is 66.2 cm³/mol. The highest BCUT2D eigenvalue weighted by molar-refractivity contribution is 6.30. The summed E-state index contributed by atoms with van der Waals surface area (Å²) in [6, 6.07) is 5.34. The number of hydrogen-bond donors (Lipinski definition) is 0. The number of Topliss-reactive ketones (excluding diaryl/α,β-unsaturated/α-hetero) is 1. The Bertz CT molecular complexity index is 372. The van der Waals surface area contributed by atoms with Gasteiger partial charge in [0.1, 0.15) is 11.5 Å². The van der Waals surface area contributed by atoms with Crippen LogP contribution in [0.4, 0.5) is 0 Å². The lowest BCUT2D eigenvalue weighted by molar-refractivity contribution is -0.119. The van der Waals surface area contributed by atoms with E-state index in [2.05, 4.69) is 0 Å². The van der Waals surface area contributed by atoms with Crippen LogP contribution in [-0.4, -0.2) is 12.9 Å². The van der Waals surface area contributed by atoms with E-state index in [0.29, 0.717) is 23.8 Å². The molecule has 0 heterocycles. The fraction of sp³-hybridized carbons (Fsp3) is 0.462. The molecule has 0 amide bonds. The van der Waals surface area contributed by atoms with Crippen LogP contribution in [0.15, 0.2) is 18.2 Å². The Balaban J connectivity index is 2.79. The molecule has 0 aliphatic carbocycles. The molecule has 0 atom stereocenters. The van der Waals surface area contributed by atoms with Crippen LogP contribution in [0.1, 0.15) is 25.8 Å². The summed E-state index contributed by atoms with van der Waals surface area (Å²) in [6.45, 7) is 4.07. The third-order valence-corrected chi connectivity index (χ3v) is 2.50. The molecule has 0 saturated carbocycles. The average Bonchev–Trinajstić information content (AvgIpc) is 2.16. The molecule has 0 aliphatic rings. The van der Waals surface area contributed by atoms with Crippen molar-refractivity contribution in [2.45, 2.75) is 26.7 Å². The Morgan fingerprint density at radius 2 is 2.12 bits per heavy atom. The molecule has 0 fully saturated rings. The van der Waals surface area contributed by atoms with Gasteiger partial charge in [-0.05, 0) is 24.1 Å². The van der Waals surface area contributed by atoms with E-state index in [1.807, 2.05) is 13.8 Å². The monoisotopic (exact) mass is 240 g/mol. The van der Waals surface area contributed by atoms with E-state index in [9.17, 15) is 4.79 Å². The van der Waals surface area contributed by atoms with Crippen molar-refractivity contribution in [2.75, 3.05) is 7.11 Å². The van der Waals surface area contributed by atoms with Crippen molar-refractivity contribution in [1.82, 2.24) is 0 Å². The summed E-state index contributed by atoms with van der Waals surface area (Å²) < 4.78 is 5.20. The molecule has 0 saturated heterocycles. The number of halogens is 1. The van der Waals surface area contributed by atoms with E-state index in [4.69, 9.17) is 16.3 Å². The number of rotatable bonds is 5. The highest BCUT2D eigenvalue weighted by Gasteiger charge is 2.10. The maximum absolute atomic E-state index is 11.7. The second-order valence-corrected chi connectivity index (χ2v) is 4.71. The maximum atomic E-state index is 11.7. The van der Waals surface area contributed by atoms with Gasteiger partial charge in [0.2, 0.25) is 0 Å². The first-order chi connectivity index (χ1) is 7.52. The number of carbonyl (C=O) groups is 1. The lowest BCUT2D eigenvalue weighted by atomic mass is 10.0. The molecule has 0 spiro atoms. The van der Waals surface area contributed by atoms with E-state index < -0.39 is 0 Å². The van der Waals surface area contributed by atoms with E-state index in [0.717, 1.165) is 11.3 Å². The van der Waals surface area contributed by atoms with Crippen molar-refractivity contribution in [3.05, 3.63) is 28.8 Å². The second kappa shape index (κ2) is 5.90. The number of ketones is 1. The largest absolute Gasteiger partial charge is 0.496 e. The van der Waals surface area contributed by atoms with Gasteiger partial charge in [0.15, 0.2) is 0 Å². The van der Waals surface area contributed by atoms with Crippen LogP contribution in [0.3, 0.4) is 0 Å². The Hall–Kier alpha value is -1.02. The quantitative estimate of drug-likeness (QED) is 0.787. The number of methoxy groups -OCH3 is 1. The van der Waals surface area contributed by atoms with E-state index in [1.54, 1.807) is 25.3 Å². The summed E-state index contributed by atoms with van der Waals surface area (Å²) in [5.41, 5.74) is 0.862. The number of hydrogen-bond acceptors (Lipinski definition) is 2. The summed E-state index contributed by atoms with van der Waals surface area (Å²) in [6.07, 6.45) is 0.984. The summed E-state index contributed by atoms with van der Waals surface area (Å²) in [5, 5.41) is 0.633. The molecule has 88 valence electrons. The van der Waals surface area contributed by atoms with Gasteiger partial charge in [0, 0.05) is 23.4 Å². The smallest absolute Gasteiger partial charge is 0.137 e. The molecular formula is C13H17ClO2. The SMILES string of the molecule is COc1ccc(Cl)cc1CC(=O)CC(C)C.